The molecule has 0 aliphatic heterocycles. The Kier molecular flexibility index (Phi) is 5.43. The second-order valence-corrected chi connectivity index (χ2v) is 7.08. The van der Waals surface area contributed by atoms with Gasteiger partial charge in [-0.2, -0.15) is 4.31 Å². The maximum absolute atomic E-state index is 12.5. The molecular formula is C12H15ClN2O5S. The Morgan fingerprint density at radius 1 is 1.33 bits per heavy atom. The smallest absolute Gasteiger partial charge is 0.279 e. The van der Waals surface area contributed by atoms with E-state index >= 15 is 0 Å². The van der Waals surface area contributed by atoms with Gasteiger partial charge in [0.05, 0.1) is 4.92 Å². The maximum Gasteiger partial charge on any atom is 0.289 e. The van der Waals surface area contributed by atoms with E-state index in [4.69, 9.17) is 11.6 Å². The SMILES string of the molecule is CC(C)[C@@H](C(=O)Cl)N(C)S(=O)(=O)c1ccccc1[N+](=O)[O-]. The van der Waals surface area contributed by atoms with Crippen LogP contribution in [0.1, 0.15) is 13.8 Å². The summed E-state index contributed by atoms with van der Waals surface area (Å²) < 4.78 is 25.8. The summed E-state index contributed by atoms with van der Waals surface area (Å²) in [6, 6.07) is 3.86. The topological polar surface area (TPSA) is 97.6 Å². The first kappa shape index (κ1) is 17.5. The minimum atomic E-state index is -4.22. The number of para-hydroxylation sites is 1. The second kappa shape index (κ2) is 6.50. The van der Waals surface area contributed by atoms with Gasteiger partial charge < -0.3 is 0 Å². The molecule has 7 nitrogen and oxygen atoms in total. The standard InChI is InChI=1S/C12H15ClN2O5S/c1-8(2)11(12(13)16)14(3)21(19,20)10-7-5-4-6-9(10)15(17)18/h4-8,11H,1-3H3/t11-/m0/s1. The number of rotatable bonds is 6. The number of hydrogen-bond acceptors (Lipinski definition) is 5. The lowest BCUT2D eigenvalue weighted by Crippen LogP contribution is -2.44. The van der Waals surface area contributed by atoms with Crippen molar-refractivity contribution < 1.29 is 18.1 Å². The molecule has 9 heteroatoms. The molecule has 0 unspecified atom stereocenters. The van der Waals surface area contributed by atoms with Crippen molar-refractivity contribution in [1.82, 2.24) is 4.31 Å². The molecule has 116 valence electrons. The predicted molar refractivity (Wildman–Crippen MR) is 77.5 cm³/mol. The van der Waals surface area contributed by atoms with E-state index in [1.807, 2.05) is 0 Å². The number of halogens is 1. The molecule has 1 aromatic carbocycles. The molecule has 0 bridgehead atoms. The molecule has 0 fully saturated rings. The molecule has 0 aromatic heterocycles. The number of benzene rings is 1. The predicted octanol–water partition coefficient (Wildman–Crippen LogP) is 2.01. The number of nitro benzene ring substituents is 1. The van der Waals surface area contributed by atoms with E-state index in [2.05, 4.69) is 0 Å². The minimum Gasteiger partial charge on any atom is -0.279 e. The van der Waals surface area contributed by atoms with Gasteiger partial charge in [0.2, 0.25) is 15.3 Å². The normalized spacial score (nSPS) is 13.4. The molecule has 21 heavy (non-hydrogen) atoms. The average molecular weight is 335 g/mol. The molecule has 0 heterocycles. The maximum atomic E-state index is 12.5. The molecule has 0 N–H and O–H groups in total. The number of nitrogens with zero attached hydrogens (tertiary/aromatic N) is 2. The van der Waals surface area contributed by atoms with E-state index in [-0.39, 0.29) is 5.92 Å². The van der Waals surface area contributed by atoms with Gasteiger partial charge in [-0.3, -0.25) is 14.9 Å². The van der Waals surface area contributed by atoms with Crippen LogP contribution >= 0.6 is 11.6 Å². The third-order valence-corrected chi connectivity index (χ3v) is 5.08. The van der Waals surface area contributed by atoms with Crippen LogP contribution < -0.4 is 0 Å². The Hall–Kier alpha value is -1.51. The van der Waals surface area contributed by atoms with Crippen LogP contribution in [0, 0.1) is 16.0 Å². The summed E-state index contributed by atoms with van der Waals surface area (Å²) in [5, 5.41) is 10.1. The number of carbonyl (C=O) groups is 1. The van der Waals surface area contributed by atoms with Gasteiger partial charge in [-0.05, 0) is 23.6 Å². The summed E-state index contributed by atoms with van der Waals surface area (Å²) in [4.78, 5) is 21.2. The van der Waals surface area contributed by atoms with E-state index in [1.165, 1.54) is 19.2 Å². The molecule has 0 aliphatic carbocycles. The van der Waals surface area contributed by atoms with Gasteiger partial charge in [-0.25, -0.2) is 8.42 Å². The molecule has 0 spiro atoms. The fourth-order valence-electron chi connectivity index (χ4n) is 1.96. The summed E-state index contributed by atoms with van der Waals surface area (Å²) in [7, 11) is -3.04. The van der Waals surface area contributed by atoms with E-state index in [0.717, 1.165) is 16.4 Å². The van der Waals surface area contributed by atoms with E-state index < -0.39 is 36.8 Å². The number of likely N-dealkylation sites (N-methyl/N-ethyl adjacent to an activating group) is 1. The van der Waals surface area contributed by atoms with Crippen LogP contribution in [0.3, 0.4) is 0 Å². The molecular weight excluding hydrogens is 320 g/mol. The van der Waals surface area contributed by atoms with Crippen LogP contribution in [-0.2, 0) is 14.8 Å². The highest BCUT2D eigenvalue weighted by atomic mass is 35.5. The van der Waals surface area contributed by atoms with Crippen molar-refractivity contribution in [2.45, 2.75) is 24.8 Å². The second-order valence-electron chi connectivity index (χ2n) is 4.74. The molecule has 0 aliphatic rings. The van der Waals surface area contributed by atoms with Crippen LogP contribution in [0.25, 0.3) is 0 Å². The van der Waals surface area contributed by atoms with Crippen molar-refractivity contribution in [3.63, 3.8) is 0 Å². The average Bonchev–Trinajstić information content (AvgIpc) is 2.37. The first-order valence-electron chi connectivity index (χ1n) is 6.01. The first-order valence-corrected chi connectivity index (χ1v) is 7.83. The third kappa shape index (κ3) is 3.58. The molecule has 1 rings (SSSR count). The number of nitro groups is 1. The molecule has 0 amide bonds. The van der Waals surface area contributed by atoms with Crippen LogP contribution in [0.2, 0.25) is 0 Å². The van der Waals surface area contributed by atoms with Crippen molar-refractivity contribution in [1.29, 1.82) is 0 Å². The Balaban J connectivity index is 3.41. The summed E-state index contributed by atoms with van der Waals surface area (Å²) in [6.07, 6.45) is 0. The third-order valence-electron chi connectivity index (χ3n) is 2.97. The van der Waals surface area contributed by atoms with Crippen molar-refractivity contribution in [3.8, 4) is 0 Å². The highest BCUT2D eigenvalue weighted by Gasteiger charge is 2.37. The Morgan fingerprint density at radius 3 is 2.29 bits per heavy atom. The Labute approximate surface area is 127 Å². The zero-order valence-electron chi connectivity index (χ0n) is 11.7. The van der Waals surface area contributed by atoms with Gasteiger partial charge >= 0.3 is 0 Å². The van der Waals surface area contributed by atoms with Crippen LogP contribution in [0.5, 0.6) is 0 Å². The van der Waals surface area contributed by atoms with Crippen LogP contribution in [-0.4, -0.2) is 36.0 Å². The first-order chi connectivity index (χ1) is 9.60. The van der Waals surface area contributed by atoms with Crippen LogP contribution in [0.4, 0.5) is 5.69 Å². The number of sulfonamides is 1. The van der Waals surface area contributed by atoms with Gasteiger partial charge in [0.25, 0.3) is 5.69 Å². The minimum absolute atomic E-state index is 0.377. The van der Waals surface area contributed by atoms with Gasteiger partial charge in [0, 0.05) is 13.1 Å². The van der Waals surface area contributed by atoms with Crippen LogP contribution in [0.15, 0.2) is 29.2 Å². The fourth-order valence-corrected chi connectivity index (χ4v) is 4.02. The molecule has 0 saturated heterocycles. The summed E-state index contributed by atoms with van der Waals surface area (Å²) >= 11 is 5.45. The summed E-state index contributed by atoms with van der Waals surface area (Å²) in [5.74, 6) is -0.377. The lowest BCUT2D eigenvalue weighted by Gasteiger charge is -2.27. The molecule has 0 radical (unpaired) electrons. The lowest BCUT2D eigenvalue weighted by atomic mass is 10.1. The quantitative estimate of drug-likeness (QED) is 0.450. The van der Waals surface area contributed by atoms with Gasteiger partial charge in [0.15, 0.2) is 4.90 Å². The van der Waals surface area contributed by atoms with Crippen molar-refractivity contribution in [3.05, 3.63) is 34.4 Å². The molecule has 0 saturated carbocycles. The zero-order valence-corrected chi connectivity index (χ0v) is 13.3. The van der Waals surface area contributed by atoms with E-state index in [0.29, 0.717) is 0 Å². The highest BCUT2D eigenvalue weighted by molar-refractivity contribution is 7.89. The largest absolute Gasteiger partial charge is 0.289 e. The van der Waals surface area contributed by atoms with Crippen molar-refractivity contribution in [2.24, 2.45) is 5.92 Å². The van der Waals surface area contributed by atoms with Gasteiger partial charge in [0.1, 0.15) is 6.04 Å². The van der Waals surface area contributed by atoms with Gasteiger partial charge in [-0.15, -0.1) is 0 Å². The summed E-state index contributed by atoms with van der Waals surface area (Å²) in [5.41, 5.74) is -0.547. The molecule has 1 atom stereocenters. The zero-order chi connectivity index (χ0) is 16.4. The highest BCUT2D eigenvalue weighted by Crippen LogP contribution is 2.28. The Morgan fingerprint density at radius 2 is 1.86 bits per heavy atom. The Bertz CT molecular complexity index is 659. The van der Waals surface area contributed by atoms with Crippen molar-refractivity contribution >= 4 is 32.6 Å². The van der Waals surface area contributed by atoms with Gasteiger partial charge in [-0.1, -0.05) is 26.0 Å². The monoisotopic (exact) mass is 334 g/mol. The van der Waals surface area contributed by atoms with E-state index in [1.54, 1.807) is 13.8 Å². The molecule has 1 aromatic rings. The lowest BCUT2D eigenvalue weighted by molar-refractivity contribution is -0.387. The van der Waals surface area contributed by atoms with E-state index in [9.17, 15) is 23.3 Å². The summed E-state index contributed by atoms with van der Waals surface area (Å²) in [6.45, 7) is 3.27. The number of carbonyl (C=O) groups excluding carboxylic acids is 1. The number of hydrogen-bond donors (Lipinski definition) is 0. The fraction of sp³-hybridized carbons (Fsp3) is 0.417. The van der Waals surface area contributed by atoms with Crippen molar-refractivity contribution in [2.75, 3.05) is 7.05 Å².